The summed E-state index contributed by atoms with van der Waals surface area (Å²) in [5, 5.41) is 7.54. The maximum atomic E-state index is 11.1. The molecule has 3 nitrogen and oxygen atoms in total. The normalized spacial score (nSPS) is 16.2. The lowest BCUT2D eigenvalue weighted by Gasteiger charge is -2.12. The van der Waals surface area contributed by atoms with Crippen LogP contribution in [0.3, 0.4) is 0 Å². The third-order valence-electron chi connectivity index (χ3n) is 1.76. The van der Waals surface area contributed by atoms with Crippen molar-refractivity contribution < 1.29 is 9.53 Å². The molecule has 4 heteroatoms. The van der Waals surface area contributed by atoms with Crippen molar-refractivity contribution in [3.63, 3.8) is 0 Å². The van der Waals surface area contributed by atoms with Gasteiger partial charge >= 0.3 is 5.97 Å². The Balaban J connectivity index is 2.55. The van der Waals surface area contributed by atoms with Crippen LogP contribution >= 0.6 is 11.8 Å². The molecule has 0 spiro atoms. The first kappa shape index (κ1) is 10.3. The van der Waals surface area contributed by atoms with Crippen molar-refractivity contribution in [3.8, 4) is 0 Å². The maximum absolute atomic E-state index is 11.1. The summed E-state index contributed by atoms with van der Waals surface area (Å²) in [4.78, 5) is 11.1. The molecule has 13 heavy (non-hydrogen) atoms. The molecule has 1 aliphatic rings. The topological polar surface area (TPSA) is 50.2 Å². The van der Waals surface area contributed by atoms with Crippen molar-refractivity contribution in [1.82, 2.24) is 0 Å². The third kappa shape index (κ3) is 2.88. The summed E-state index contributed by atoms with van der Waals surface area (Å²) < 4.78 is 4.75. The molecule has 0 saturated heterocycles. The van der Waals surface area contributed by atoms with Gasteiger partial charge in [-0.3, -0.25) is 5.41 Å². The van der Waals surface area contributed by atoms with Gasteiger partial charge in [-0.15, -0.1) is 0 Å². The van der Waals surface area contributed by atoms with E-state index in [9.17, 15) is 4.79 Å². The first-order chi connectivity index (χ1) is 6.25. The highest BCUT2D eigenvalue weighted by Crippen LogP contribution is 2.17. The molecular weight excluding hydrogens is 186 g/mol. The third-order valence-corrected chi connectivity index (χ3v) is 2.66. The van der Waals surface area contributed by atoms with E-state index in [1.54, 1.807) is 6.92 Å². The van der Waals surface area contributed by atoms with Crippen molar-refractivity contribution in [2.45, 2.75) is 13.3 Å². The van der Waals surface area contributed by atoms with E-state index in [0.717, 1.165) is 23.5 Å². The van der Waals surface area contributed by atoms with Gasteiger partial charge in [-0.05, 0) is 24.7 Å². The maximum Gasteiger partial charge on any atom is 0.356 e. The van der Waals surface area contributed by atoms with Gasteiger partial charge < -0.3 is 4.74 Å². The first-order valence-electron chi connectivity index (χ1n) is 4.28. The second-order valence-electron chi connectivity index (χ2n) is 2.65. The van der Waals surface area contributed by atoms with Crippen LogP contribution in [0, 0.1) is 5.41 Å². The van der Waals surface area contributed by atoms with Crippen LogP contribution in [0.15, 0.2) is 11.6 Å². The molecule has 1 aliphatic heterocycles. The lowest BCUT2D eigenvalue weighted by Crippen LogP contribution is -2.20. The summed E-state index contributed by atoms with van der Waals surface area (Å²) in [5.41, 5.74) is 0.861. The van der Waals surface area contributed by atoms with E-state index in [-0.39, 0.29) is 5.71 Å². The number of ether oxygens (including phenoxy) is 1. The minimum Gasteiger partial charge on any atom is -0.461 e. The molecule has 1 heterocycles. The summed E-state index contributed by atoms with van der Waals surface area (Å²) in [7, 11) is 0. The van der Waals surface area contributed by atoms with E-state index in [2.05, 4.69) is 0 Å². The quantitative estimate of drug-likeness (QED) is 0.555. The molecule has 0 aromatic rings. The Morgan fingerprint density at radius 1 is 1.77 bits per heavy atom. The summed E-state index contributed by atoms with van der Waals surface area (Å²) in [6.45, 7) is 2.08. The summed E-state index contributed by atoms with van der Waals surface area (Å²) in [6.07, 6.45) is 2.75. The lowest BCUT2D eigenvalue weighted by atomic mass is 10.1. The van der Waals surface area contributed by atoms with Crippen LogP contribution in [-0.2, 0) is 9.53 Å². The van der Waals surface area contributed by atoms with Gasteiger partial charge in [-0.25, -0.2) is 4.79 Å². The highest BCUT2D eigenvalue weighted by atomic mass is 32.2. The standard InChI is InChI=1S/C9H13NO2S/c1-2-12-9(11)8(10)7-3-5-13-6-4-7/h3,10H,2,4-6H2,1H3. The van der Waals surface area contributed by atoms with E-state index < -0.39 is 5.97 Å². The van der Waals surface area contributed by atoms with Crippen LogP contribution in [0.4, 0.5) is 0 Å². The van der Waals surface area contributed by atoms with Gasteiger partial charge in [0.2, 0.25) is 0 Å². The second-order valence-corrected chi connectivity index (χ2v) is 3.80. The van der Waals surface area contributed by atoms with Crippen molar-refractivity contribution >= 4 is 23.4 Å². The van der Waals surface area contributed by atoms with Crippen molar-refractivity contribution in [1.29, 1.82) is 5.41 Å². The molecule has 0 amide bonds. The minimum absolute atomic E-state index is 0.0298. The van der Waals surface area contributed by atoms with Crippen molar-refractivity contribution in [2.24, 2.45) is 0 Å². The lowest BCUT2D eigenvalue weighted by molar-refractivity contribution is -0.135. The smallest absolute Gasteiger partial charge is 0.356 e. The molecule has 0 radical (unpaired) electrons. The fourth-order valence-electron chi connectivity index (χ4n) is 1.09. The molecule has 1 rings (SSSR count). The van der Waals surface area contributed by atoms with Crippen molar-refractivity contribution in [2.75, 3.05) is 18.1 Å². The summed E-state index contributed by atoms with van der Waals surface area (Å²) >= 11 is 1.82. The number of nitrogens with one attached hydrogen (secondary N) is 1. The van der Waals surface area contributed by atoms with E-state index in [0.29, 0.717) is 6.61 Å². The van der Waals surface area contributed by atoms with Gasteiger partial charge in [0.25, 0.3) is 0 Å². The molecule has 0 bridgehead atoms. The number of carbonyl (C=O) groups excluding carboxylic acids is 1. The van der Waals surface area contributed by atoms with Crippen LogP contribution in [0.2, 0.25) is 0 Å². The minimum atomic E-state index is -0.499. The zero-order chi connectivity index (χ0) is 9.68. The number of carbonyl (C=O) groups is 1. The van der Waals surface area contributed by atoms with Crippen LogP contribution < -0.4 is 0 Å². The van der Waals surface area contributed by atoms with Gasteiger partial charge in [0.1, 0.15) is 5.71 Å². The monoisotopic (exact) mass is 199 g/mol. The Morgan fingerprint density at radius 3 is 3.08 bits per heavy atom. The van der Waals surface area contributed by atoms with Crippen LogP contribution in [-0.4, -0.2) is 29.8 Å². The number of esters is 1. The molecule has 1 N–H and O–H groups in total. The largest absolute Gasteiger partial charge is 0.461 e. The van der Waals surface area contributed by atoms with Crippen molar-refractivity contribution in [3.05, 3.63) is 11.6 Å². The predicted octanol–water partition coefficient (Wildman–Crippen LogP) is 1.63. The Labute approximate surface area is 82.0 Å². The van der Waals surface area contributed by atoms with E-state index in [4.69, 9.17) is 10.1 Å². The van der Waals surface area contributed by atoms with E-state index >= 15 is 0 Å². The van der Waals surface area contributed by atoms with Crippen LogP contribution in [0.25, 0.3) is 0 Å². The fraction of sp³-hybridized carbons (Fsp3) is 0.556. The molecule has 0 unspecified atom stereocenters. The van der Waals surface area contributed by atoms with Crippen LogP contribution in [0.5, 0.6) is 0 Å². The predicted molar refractivity (Wildman–Crippen MR) is 54.4 cm³/mol. The average molecular weight is 199 g/mol. The SMILES string of the molecule is CCOC(=O)C(=N)C1=CCSCC1. The average Bonchev–Trinajstić information content (AvgIpc) is 2.18. The molecule has 0 fully saturated rings. The van der Waals surface area contributed by atoms with Crippen LogP contribution in [0.1, 0.15) is 13.3 Å². The zero-order valence-corrected chi connectivity index (χ0v) is 8.45. The number of thioether (sulfide) groups is 1. The molecule has 0 atom stereocenters. The Morgan fingerprint density at radius 2 is 2.54 bits per heavy atom. The number of hydrogen-bond donors (Lipinski definition) is 1. The zero-order valence-electron chi connectivity index (χ0n) is 7.63. The van der Waals surface area contributed by atoms with E-state index in [1.807, 2.05) is 17.8 Å². The Kier molecular flexibility index (Phi) is 4.02. The molecule has 0 aromatic carbocycles. The number of hydrogen-bond acceptors (Lipinski definition) is 4. The molecule has 72 valence electrons. The molecule has 0 saturated carbocycles. The second kappa shape index (κ2) is 5.07. The molecule has 0 aliphatic carbocycles. The highest BCUT2D eigenvalue weighted by Gasteiger charge is 2.16. The van der Waals surface area contributed by atoms with Gasteiger partial charge in [-0.1, -0.05) is 6.08 Å². The first-order valence-corrected chi connectivity index (χ1v) is 5.44. The molecule has 0 aromatic heterocycles. The van der Waals surface area contributed by atoms with E-state index in [1.165, 1.54) is 0 Å². The van der Waals surface area contributed by atoms with Gasteiger partial charge in [0, 0.05) is 5.75 Å². The van der Waals surface area contributed by atoms with Gasteiger partial charge in [0.05, 0.1) is 6.61 Å². The van der Waals surface area contributed by atoms with Gasteiger partial charge in [0.15, 0.2) is 0 Å². The summed E-state index contributed by atoms with van der Waals surface area (Å²) in [6, 6.07) is 0. The number of rotatable bonds is 3. The molecular formula is C9H13NO2S. The summed E-state index contributed by atoms with van der Waals surface area (Å²) in [5.74, 6) is 1.39. The van der Waals surface area contributed by atoms with Gasteiger partial charge in [-0.2, -0.15) is 11.8 Å². The highest BCUT2D eigenvalue weighted by molar-refractivity contribution is 7.99. The Hall–Kier alpha value is -0.770. The fourth-order valence-corrected chi connectivity index (χ4v) is 1.94. The Bertz CT molecular complexity index is 248.